The van der Waals surface area contributed by atoms with Gasteiger partial charge in [0, 0.05) is 24.4 Å². The third-order valence-corrected chi connectivity index (χ3v) is 5.05. The average Bonchev–Trinajstić information content (AvgIpc) is 3.16. The number of fused-ring (bicyclic) bond motifs is 1. The van der Waals surface area contributed by atoms with Crippen LogP contribution < -0.4 is 0 Å². The van der Waals surface area contributed by atoms with Gasteiger partial charge in [0.15, 0.2) is 0 Å². The Kier molecular flexibility index (Phi) is 4.27. The number of aromatic nitrogens is 4. The smallest absolute Gasteiger partial charge is 0.256 e. The summed E-state index contributed by atoms with van der Waals surface area (Å²) in [5, 5.41) is 7.32. The van der Waals surface area contributed by atoms with Crippen molar-refractivity contribution in [3.63, 3.8) is 0 Å². The quantitative estimate of drug-likeness (QED) is 0.734. The predicted molar refractivity (Wildman–Crippen MR) is 96.9 cm³/mol. The number of rotatable bonds is 2. The zero-order valence-corrected chi connectivity index (χ0v) is 15.3. The molecule has 1 aliphatic rings. The molecule has 1 aliphatic heterocycles. The molecule has 3 heterocycles. The number of aromatic amines is 1. The van der Waals surface area contributed by atoms with E-state index in [1.54, 1.807) is 11.1 Å². The first-order chi connectivity index (χ1) is 12.5. The number of nitrogens with one attached hydrogen (secondary N) is 1. The fraction of sp³-hybridized carbons (Fsp3) is 0.222. The van der Waals surface area contributed by atoms with Gasteiger partial charge in [0.25, 0.3) is 5.91 Å². The highest BCUT2D eigenvalue weighted by Crippen LogP contribution is 2.29. The van der Waals surface area contributed by atoms with Crippen molar-refractivity contribution < 1.29 is 4.79 Å². The Morgan fingerprint density at radius 2 is 2.19 bits per heavy atom. The minimum atomic E-state index is -0.202. The van der Waals surface area contributed by atoms with Crippen LogP contribution in [0.15, 0.2) is 18.3 Å². The van der Waals surface area contributed by atoms with E-state index < -0.39 is 0 Å². The fourth-order valence-corrected chi connectivity index (χ4v) is 3.41. The summed E-state index contributed by atoms with van der Waals surface area (Å²) < 4.78 is 0. The van der Waals surface area contributed by atoms with Crippen molar-refractivity contribution in [2.75, 3.05) is 6.54 Å². The number of hydrogen-bond donors (Lipinski definition) is 1. The Bertz CT molecular complexity index is 987. The molecule has 6 nitrogen and oxygen atoms in total. The third-order valence-electron chi connectivity index (χ3n) is 4.28. The van der Waals surface area contributed by atoms with Gasteiger partial charge in [0.2, 0.25) is 0 Å². The molecule has 0 saturated heterocycles. The second-order valence-corrected chi connectivity index (χ2v) is 6.70. The van der Waals surface area contributed by atoms with Crippen LogP contribution in [0.1, 0.15) is 27.4 Å². The van der Waals surface area contributed by atoms with Gasteiger partial charge >= 0.3 is 0 Å². The van der Waals surface area contributed by atoms with Gasteiger partial charge in [-0.2, -0.15) is 5.10 Å². The van der Waals surface area contributed by atoms with Gasteiger partial charge in [-0.1, -0.05) is 29.3 Å². The molecule has 1 N–H and O–H groups in total. The fourth-order valence-electron chi connectivity index (χ4n) is 3.07. The van der Waals surface area contributed by atoms with E-state index in [4.69, 9.17) is 23.2 Å². The summed E-state index contributed by atoms with van der Waals surface area (Å²) in [6.07, 6.45) is 2.33. The van der Waals surface area contributed by atoms with Crippen molar-refractivity contribution in [3.8, 4) is 11.4 Å². The van der Waals surface area contributed by atoms with Crippen molar-refractivity contribution in [2.24, 2.45) is 0 Å². The molecule has 0 atom stereocenters. The van der Waals surface area contributed by atoms with Crippen molar-refractivity contribution in [1.29, 1.82) is 0 Å². The van der Waals surface area contributed by atoms with Gasteiger partial charge in [-0.05, 0) is 25.5 Å². The maximum atomic E-state index is 12.9. The van der Waals surface area contributed by atoms with E-state index in [0.717, 1.165) is 22.6 Å². The minimum Gasteiger partial charge on any atom is -0.332 e. The van der Waals surface area contributed by atoms with E-state index in [0.29, 0.717) is 30.9 Å². The second kappa shape index (κ2) is 6.60. The van der Waals surface area contributed by atoms with Crippen LogP contribution in [-0.2, 0) is 13.0 Å². The van der Waals surface area contributed by atoms with Gasteiger partial charge in [-0.25, -0.2) is 9.97 Å². The van der Waals surface area contributed by atoms with Crippen LogP contribution in [0, 0.1) is 19.1 Å². The van der Waals surface area contributed by atoms with Crippen molar-refractivity contribution in [3.05, 3.63) is 63.2 Å². The number of H-pyrrole nitrogens is 1. The molecule has 0 spiro atoms. The molecule has 1 amide bonds. The number of aryl methyl sites for hydroxylation is 1. The van der Waals surface area contributed by atoms with E-state index in [1.165, 1.54) is 6.07 Å². The number of carbonyl (C=O) groups is 1. The van der Waals surface area contributed by atoms with Crippen molar-refractivity contribution >= 4 is 29.1 Å². The summed E-state index contributed by atoms with van der Waals surface area (Å²) in [5.41, 5.74) is 3.85. The van der Waals surface area contributed by atoms with Crippen molar-refractivity contribution in [2.45, 2.75) is 19.9 Å². The van der Waals surface area contributed by atoms with E-state index in [2.05, 4.69) is 32.3 Å². The Labute approximate surface area is 160 Å². The highest BCUT2D eigenvalue weighted by Gasteiger charge is 2.27. The molecule has 0 aliphatic carbocycles. The molecule has 0 fully saturated rings. The Morgan fingerprint density at radius 3 is 2.96 bits per heavy atom. The van der Waals surface area contributed by atoms with Crippen LogP contribution in [-0.4, -0.2) is 37.5 Å². The van der Waals surface area contributed by atoms with E-state index in [1.807, 2.05) is 13.0 Å². The van der Waals surface area contributed by atoms with Gasteiger partial charge < -0.3 is 4.90 Å². The Morgan fingerprint density at radius 1 is 1.35 bits per heavy atom. The molecule has 2 aromatic heterocycles. The molecule has 130 valence electrons. The summed E-state index contributed by atoms with van der Waals surface area (Å²) >= 11 is 12.1. The lowest BCUT2D eigenvalue weighted by Gasteiger charge is -2.29. The summed E-state index contributed by atoms with van der Waals surface area (Å²) in [6, 6.07) is 8.75. The lowest BCUT2D eigenvalue weighted by Crippen LogP contribution is -2.37. The zero-order valence-electron chi connectivity index (χ0n) is 13.8. The lowest BCUT2D eigenvalue weighted by molar-refractivity contribution is 0.0732. The highest BCUT2D eigenvalue weighted by atomic mass is 35.5. The first kappa shape index (κ1) is 16.8. The largest absolute Gasteiger partial charge is 0.332 e. The normalized spacial score (nSPS) is 13.3. The molecule has 0 unspecified atom stereocenters. The first-order valence-electron chi connectivity index (χ1n) is 7.97. The summed E-state index contributed by atoms with van der Waals surface area (Å²) in [4.78, 5) is 23.7. The molecule has 1 aromatic carbocycles. The van der Waals surface area contributed by atoms with Gasteiger partial charge in [0.05, 0.1) is 34.2 Å². The van der Waals surface area contributed by atoms with Crippen molar-refractivity contribution in [1.82, 2.24) is 25.1 Å². The van der Waals surface area contributed by atoms with E-state index in [-0.39, 0.29) is 16.0 Å². The molecule has 0 radical (unpaired) electrons. The SMILES string of the molecule is Cc1nc2c(c(-c3ccn[nH]3)n1)CCN(C(=O)c1cc#cc(Cl)c1Cl)C2. The maximum Gasteiger partial charge on any atom is 0.256 e. The average molecular weight is 386 g/mol. The standard InChI is InChI=1S/C18H13Cl2N5O/c1-10-22-15-9-25(18(26)12-3-2-4-13(19)16(12)20)8-6-11(15)17(23-10)14-5-7-21-24-14/h3,5,7H,6,8-9H2,1H3,(H,21,24). The topological polar surface area (TPSA) is 74.8 Å². The molecule has 0 saturated carbocycles. The summed E-state index contributed by atoms with van der Waals surface area (Å²) in [5.74, 6) is 0.443. The Hall–Kier alpha value is -2.62. The summed E-state index contributed by atoms with van der Waals surface area (Å²) in [6.45, 7) is 2.75. The molecule has 0 bridgehead atoms. The van der Waals surface area contributed by atoms with Crippen LogP contribution in [0.3, 0.4) is 0 Å². The van der Waals surface area contributed by atoms with Crippen LogP contribution in [0.25, 0.3) is 11.4 Å². The lowest BCUT2D eigenvalue weighted by atomic mass is 10.0. The predicted octanol–water partition coefficient (Wildman–Crippen LogP) is 3.28. The molecule has 3 aromatic rings. The van der Waals surface area contributed by atoms with Gasteiger partial charge in [-0.15, -0.1) is 0 Å². The van der Waals surface area contributed by atoms with E-state index >= 15 is 0 Å². The number of hydrogen-bond acceptors (Lipinski definition) is 4. The minimum absolute atomic E-state index is 0.189. The number of amides is 1. The Balaban J connectivity index is 1.68. The number of carbonyl (C=O) groups excluding carboxylic acids is 1. The van der Waals surface area contributed by atoms with Crippen LogP contribution in [0.5, 0.6) is 0 Å². The van der Waals surface area contributed by atoms with Crippen LogP contribution in [0.2, 0.25) is 10.0 Å². The van der Waals surface area contributed by atoms with Crippen LogP contribution in [0.4, 0.5) is 0 Å². The van der Waals surface area contributed by atoms with Gasteiger partial charge in [-0.3, -0.25) is 9.89 Å². The number of nitrogens with zero attached hydrogens (tertiary/aromatic N) is 4. The molecular formula is C18H13Cl2N5O. The maximum absolute atomic E-state index is 12.9. The zero-order chi connectivity index (χ0) is 18.3. The third kappa shape index (κ3) is 2.90. The molecular weight excluding hydrogens is 373 g/mol. The molecule has 26 heavy (non-hydrogen) atoms. The van der Waals surface area contributed by atoms with Crippen LogP contribution >= 0.6 is 23.2 Å². The monoisotopic (exact) mass is 385 g/mol. The first-order valence-corrected chi connectivity index (χ1v) is 8.73. The second-order valence-electron chi connectivity index (χ2n) is 5.95. The number of halogens is 2. The molecule has 4 rings (SSSR count). The molecule has 8 heteroatoms. The highest BCUT2D eigenvalue weighted by molar-refractivity contribution is 6.43. The summed E-state index contributed by atoms with van der Waals surface area (Å²) in [7, 11) is 0. The van der Waals surface area contributed by atoms with E-state index in [9.17, 15) is 4.79 Å². The van der Waals surface area contributed by atoms with Gasteiger partial charge in [0.1, 0.15) is 10.8 Å².